The first-order valence-corrected chi connectivity index (χ1v) is 11.1. The van der Waals surface area contributed by atoms with Gasteiger partial charge in [0.2, 0.25) is 21.7 Å². The fourth-order valence-electron chi connectivity index (χ4n) is 3.11. The molecule has 2 aromatic carbocycles. The van der Waals surface area contributed by atoms with Crippen LogP contribution in [0.25, 0.3) is 11.4 Å². The second kappa shape index (κ2) is 7.77. The van der Waals surface area contributed by atoms with Gasteiger partial charge < -0.3 is 4.52 Å². The molecule has 0 saturated carbocycles. The highest BCUT2D eigenvalue weighted by Crippen LogP contribution is 2.36. The zero-order valence-electron chi connectivity index (χ0n) is 15.8. The highest BCUT2D eigenvalue weighted by atomic mass is 35.5. The first-order chi connectivity index (χ1) is 14.5. The van der Waals surface area contributed by atoms with E-state index in [0.717, 1.165) is 12.1 Å². The Hall–Kier alpha value is -2.14. The number of nitrogens with zero attached hydrogens (tertiary/aromatic N) is 3. The van der Waals surface area contributed by atoms with Crippen molar-refractivity contribution >= 4 is 33.2 Å². The fourth-order valence-corrected chi connectivity index (χ4v) is 5.45. The quantitative estimate of drug-likeness (QED) is 0.503. The summed E-state index contributed by atoms with van der Waals surface area (Å²) < 4.78 is 70.8. The van der Waals surface area contributed by atoms with E-state index in [-0.39, 0.29) is 46.2 Å². The minimum Gasteiger partial charge on any atom is -0.339 e. The van der Waals surface area contributed by atoms with Crippen molar-refractivity contribution in [3.63, 3.8) is 0 Å². The maximum Gasteiger partial charge on any atom is 0.416 e. The Kier molecular flexibility index (Phi) is 5.53. The number of rotatable bonds is 4. The summed E-state index contributed by atoms with van der Waals surface area (Å²) in [7, 11) is -3.85. The van der Waals surface area contributed by atoms with Crippen molar-refractivity contribution in [2.24, 2.45) is 0 Å². The van der Waals surface area contributed by atoms with Crippen LogP contribution in [0.5, 0.6) is 0 Å². The first kappa shape index (κ1) is 22.1. The molecule has 2 heterocycles. The van der Waals surface area contributed by atoms with E-state index in [2.05, 4.69) is 10.1 Å². The average Bonchev–Trinajstić information content (AvgIpc) is 3.12. The molecule has 1 aromatic heterocycles. The average molecular weight is 492 g/mol. The van der Waals surface area contributed by atoms with Gasteiger partial charge in [0.05, 0.1) is 16.5 Å². The lowest BCUT2D eigenvalue weighted by Gasteiger charge is -2.36. The van der Waals surface area contributed by atoms with E-state index in [1.165, 1.54) is 28.6 Å². The molecule has 0 atom stereocenters. The normalized spacial score (nSPS) is 15.8. The van der Waals surface area contributed by atoms with Gasteiger partial charge in [0, 0.05) is 23.7 Å². The number of aromatic nitrogens is 2. The molecule has 1 aliphatic heterocycles. The summed E-state index contributed by atoms with van der Waals surface area (Å²) >= 11 is 12.0. The van der Waals surface area contributed by atoms with Crippen LogP contribution in [0.15, 0.2) is 45.8 Å². The Morgan fingerprint density at radius 1 is 1.13 bits per heavy atom. The molecule has 0 radical (unpaired) electrons. The minimum absolute atomic E-state index is 0.00113. The van der Waals surface area contributed by atoms with E-state index in [1.807, 2.05) is 0 Å². The van der Waals surface area contributed by atoms with Gasteiger partial charge in [-0.1, -0.05) is 40.5 Å². The van der Waals surface area contributed by atoms with Gasteiger partial charge >= 0.3 is 6.18 Å². The van der Waals surface area contributed by atoms with Crippen molar-refractivity contribution in [2.75, 3.05) is 13.1 Å². The van der Waals surface area contributed by atoms with Crippen LogP contribution in [0, 0.1) is 6.92 Å². The van der Waals surface area contributed by atoms with Crippen molar-refractivity contribution in [3.8, 4) is 11.4 Å². The standard InChI is InChI=1S/C19H14Cl2F3N3O3S/c1-10-5-16(15(21)7-14(10)20)31(28,29)27-8-12(9-27)18-25-17(26-30-18)11-3-2-4-13(6-11)19(22,23)24/h2-7,12H,8-9H2,1H3. The Morgan fingerprint density at radius 2 is 1.84 bits per heavy atom. The van der Waals surface area contributed by atoms with Crippen LogP contribution in [-0.4, -0.2) is 36.0 Å². The SMILES string of the molecule is Cc1cc(S(=O)(=O)N2CC(c3nc(-c4cccc(C(F)(F)F)c4)no3)C2)c(Cl)cc1Cl. The molecule has 0 spiro atoms. The zero-order valence-corrected chi connectivity index (χ0v) is 18.1. The summed E-state index contributed by atoms with van der Waals surface area (Å²) in [6, 6.07) is 7.35. The van der Waals surface area contributed by atoms with Gasteiger partial charge in [0.25, 0.3) is 0 Å². The van der Waals surface area contributed by atoms with E-state index < -0.39 is 21.8 Å². The molecule has 0 bridgehead atoms. The summed E-state index contributed by atoms with van der Waals surface area (Å²) in [6.45, 7) is 1.82. The molecule has 0 N–H and O–H groups in total. The monoisotopic (exact) mass is 491 g/mol. The second-order valence-corrected chi connectivity index (χ2v) is 9.81. The Balaban J connectivity index is 1.51. The first-order valence-electron chi connectivity index (χ1n) is 8.94. The number of benzene rings is 2. The van der Waals surface area contributed by atoms with Gasteiger partial charge in [-0.2, -0.15) is 22.5 Å². The van der Waals surface area contributed by atoms with Crippen molar-refractivity contribution in [1.82, 2.24) is 14.4 Å². The number of alkyl halides is 3. The molecular weight excluding hydrogens is 478 g/mol. The van der Waals surface area contributed by atoms with Crippen molar-refractivity contribution in [1.29, 1.82) is 0 Å². The Bertz CT molecular complexity index is 1260. The molecule has 0 amide bonds. The molecule has 3 aromatic rings. The summed E-state index contributed by atoms with van der Waals surface area (Å²) in [5.41, 5.74) is -0.103. The predicted molar refractivity (Wildman–Crippen MR) is 107 cm³/mol. The molecule has 1 saturated heterocycles. The van der Waals surface area contributed by atoms with Gasteiger partial charge in [0.15, 0.2) is 0 Å². The van der Waals surface area contributed by atoms with E-state index in [4.69, 9.17) is 27.7 Å². The minimum atomic E-state index is -4.49. The molecule has 4 rings (SSSR count). The van der Waals surface area contributed by atoms with Crippen LogP contribution in [-0.2, 0) is 16.2 Å². The number of hydrogen-bond acceptors (Lipinski definition) is 5. The fraction of sp³-hybridized carbons (Fsp3) is 0.263. The van der Waals surface area contributed by atoms with E-state index in [9.17, 15) is 21.6 Å². The van der Waals surface area contributed by atoms with E-state index >= 15 is 0 Å². The smallest absolute Gasteiger partial charge is 0.339 e. The van der Waals surface area contributed by atoms with Crippen LogP contribution in [0.1, 0.15) is 22.9 Å². The number of aryl methyl sites for hydroxylation is 1. The lowest BCUT2D eigenvalue weighted by Crippen LogP contribution is -2.48. The van der Waals surface area contributed by atoms with Crippen LogP contribution >= 0.6 is 23.2 Å². The molecule has 31 heavy (non-hydrogen) atoms. The number of halogens is 5. The lowest BCUT2D eigenvalue weighted by molar-refractivity contribution is -0.137. The topological polar surface area (TPSA) is 76.3 Å². The van der Waals surface area contributed by atoms with Gasteiger partial charge in [-0.15, -0.1) is 0 Å². The van der Waals surface area contributed by atoms with Gasteiger partial charge in [-0.05, 0) is 36.8 Å². The Labute approximate surface area is 185 Å². The third-order valence-electron chi connectivity index (χ3n) is 4.92. The summed E-state index contributed by atoms with van der Waals surface area (Å²) in [5.74, 6) is -0.231. The molecule has 6 nitrogen and oxygen atoms in total. The third kappa shape index (κ3) is 4.17. The van der Waals surface area contributed by atoms with Crippen LogP contribution in [0.4, 0.5) is 13.2 Å². The van der Waals surface area contributed by atoms with Gasteiger partial charge in [-0.25, -0.2) is 8.42 Å². The number of hydrogen-bond donors (Lipinski definition) is 0. The maximum absolute atomic E-state index is 12.9. The van der Waals surface area contributed by atoms with E-state index in [1.54, 1.807) is 6.92 Å². The third-order valence-corrected chi connectivity index (χ3v) is 7.62. The lowest BCUT2D eigenvalue weighted by atomic mass is 10.0. The summed E-state index contributed by atoms with van der Waals surface area (Å²) in [5, 5.41) is 4.11. The Morgan fingerprint density at radius 3 is 2.52 bits per heavy atom. The molecule has 0 unspecified atom stereocenters. The number of sulfonamides is 1. The molecule has 1 aliphatic rings. The molecule has 164 valence electrons. The van der Waals surface area contributed by atoms with E-state index in [0.29, 0.717) is 10.6 Å². The summed E-state index contributed by atoms with van der Waals surface area (Å²) in [4.78, 5) is 4.10. The second-order valence-electron chi connectivity index (χ2n) is 7.09. The highest BCUT2D eigenvalue weighted by molar-refractivity contribution is 7.89. The molecular formula is C19H14Cl2F3N3O3S. The maximum atomic E-state index is 12.9. The van der Waals surface area contributed by atoms with Gasteiger partial charge in [-0.3, -0.25) is 0 Å². The highest BCUT2D eigenvalue weighted by Gasteiger charge is 2.41. The predicted octanol–water partition coefficient (Wildman–Crippen LogP) is 5.16. The van der Waals surface area contributed by atoms with Crippen LogP contribution < -0.4 is 0 Å². The molecule has 1 fully saturated rings. The molecule has 12 heteroatoms. The summed E-state index contributed by atoms with van der Waals surface area (Å²) in [6.07, 6.45) is -4.49. The van der Waals surface area contributed by atoms with Crippen LogP contribution in [0.2, 0.25) is 10.0 Å². The van der Waals surface area contributed by atoms with Crippen LogP contribution in [0.3, 0.4) is 0 Å². The largest absolute Gasteiger partial charge is 0.416 e. The molecule has 0 aliphatic carbocycles. The zero-order chi connectivity index (χ0) is 22.6. The van der Waals surface area contributed by atoms with Crippen molar-refractivity contribution < 1.29 is 26.1 Å². The van der Waals surface area contributed by atoms with Crippen molar-refractivity contribution in [2.45, 2.75) is 23.9 Å². The van der Waals surface area contributed by atoms with Crippen molar-refractivity contribution in [3.05, 3.63) is 63.5 Å². The van der Waals surface area contributed by atoms with Gasteiger partial charge in [0.1, 0.15) is 4.90 Å².